The highest BCUT2D eigenvalue weighted by atomic mass is 16.2. The van der Waals surface area contributed by atoms with Crippen LogP contribution in [-0.4, -0.2) is 25.0 Å². The third-order valence-corrected chi connectivity index (χ3v) is 4.76. The second-order valence-corrected chi connectivity index (χ2v) is 6.51. The third-order valence-electron chi connectivity index (χ3n) is 4.76. The molecule has 0 aliphatic carbocycles. The number of nitrogens with two attached hydrogens (primary N) is 1. The maximum Gasteiger partial charge on any atom is 0.337 e. The number of rotatable bonds is 4. The highest BCUT2D eigenvalue weighted by Crippen LogP contribution is 2.16. The van der Waals surface area contributed by atoms with Gasteiger partial charge < -0.3 is 5.73 Å². The Morgan fingerprint density at radius 2 is 1.69 bits per heavy atom. The maximum absolute atomic E-state index is 13.4. The molecular formula is C21H17N5O3. The Morgan fingerprint density at radius 1 is 0.966 bits per heavy atom. The van der Waals surface area contributed by atoms with E-state index in [1.807, 2.05) is 0 Å². The van der Waals surface area contributed by atoms with Gasteiger partial charge >= 0.3 is 5.69 Å². The van der Waals surface area contributed by atoms with Crippen molar-refractivity contribution in [3.05, 3.63) is 99.1 Å². The topological polar surface area (TPSA) is 113 Å². The van der Waals surface area contributed by atoms with Crippen LogP contribution in [0.3, 0.4) is 0 Å². The van der Waals surface area contributed by atoms with Crippen LogP contribution in [0.15, 0.2) is 76.6 Å². The molecule has 0 fully saturated rings. The molecule has 0 spiro atoms. The van der Waals surface area contributed by atoms with Gasteiger partial charge in [0.25, 0.3) is 5.56 Å². The van der Waals surface area contributed by atoms with Gasteiger partial charge in [-0.2, -0.15) is 0 Å². The molecule has 0 saturated heterocycles. The largest absolute Gasteiger partial charge is 0.366 e. The molecule has 144 valence electrons. The molecule has 1 amide bonds. The highest BCUT2D eigenvalue weighted by Gasteiger charge is 2.20. The van der Waals surface area contributed by atoms with Crippen LogP contribution >= 0.6 is 0 Å². The number of benzene rings is 1. The number of fused-ring (bicyclic) bond motifs is 1. The van der Waals surface area contributed by atoms with Crippen LogP contribution in [0.2, 0.25) is 0 Å². The van der Waals surface area contributed by atoms with Crippen molar-refractivity contribution < 1.29 is 4.79 Å². The molecule has 0 aliphatic heterocycles. The first-order chi connectivity index (χ1) is 14.0. The summed E-state index contributed by atoms with van der Waals surface area (Å²) in [5, 5.41) is 0.300. The Bertz CT molecular complexity index is 1320. The Balaban J connectivity index is 2.03. The molecule has 8 nitrogen and oxygen atoms in total. The molecule has 1 aromatic carbocycles. The molecule has 1 atom stereocenters. The summed E-state index contributed by atoms with van der Waals surface area (Å²) < 4.78 is 2.51. The zero-order chi connectivity index (χ0) is 20.5. The van der Waals surface area contributed by atoms with E-state index in [-0.39, 0.29) is 5.65 Å². The van der Waals surface area contributed by atoms with Gasteiger partial charge in [-0.15, -0.1) is 0 Å². The van der Waals surface area contributed by atoms with Crippen molar-refractivity contribution >= 4 is 16.9 Å². The average molecular weight is 387 g/mol. The molecule has 4 rings (SSSR count). The predicted molar refractivity (Wildman–Crippen MR) is 108 cm³/mol. The highest BCUT2D eigenvalue weighted by molar-refractivity contribution is 5.93. The molecule has 0 radical (unpaired) electrons. The van der Waals surface area contributed by atoms with E-state index in [1.54, 1.807) is 55.6 Å². The van der Waals surface area contributed by atoms with Crippen LogP contribution in [0.25, 0.3) is 16.7 Å². The fourth-order valence-corrected chi connectivity index (χ4v) is 3.26. The van der Waals surface area contributed by atoms with E-state index < -0.39 is 23.2 Å². The number of hydrogen-bond acceptors (Lipinski definition) is 5. The molecular weight excluding hydrogens is 370 g/mol. The van der Waals surface area contributed by atoms with Crippen LogP contribution in [0, 0.1) is 0 Å². The summed E-state index contributed by atoms with van der Waals surface area (Å²) in [5.74, 6) is -0.569. The molecule has 3 heterocycles. The number of pyridine rings is 2. The summed E-state index contributed by atoms with van der Waals surface area (Å²) in [6.45, 7) is 1.74. The molecule has 8 heteroatoms. The van der Waals surface area contributed by atoms with Crippen molar-refractivity contribution in [1.82, 2.24) is 19.1 Å². The fraction of sp³-hybridized carbons (Fsp3) is 0.0952. The van der Waals surface area contributed by atoms with Crippen LogP contribution < -0.4 is 17.0 Å². The monoisotopic (exact) mass is 387 g/mol. The van der Waals surface area contributed by atoms with E-state index >= 15 is 0 Å². The van der Waals surface area contributed by atoms with E-state index in [0.29, 0.717) is 22.3 Å². The normalized spacial score (nSPS) is 12.0. The smallest absolute Gasteiger partial charge is 0.337 e. The average Bonchev–Trinajstić information content (AvgIpc) is 2.75. The number of aromatic nitrogens is 4. The number of nitrogens with zero attached hydrogens (tertiary/aromatic N) is 4. The van der Waals surface area contributed by atoms with Crippen molar-refractivity contribution in [3.8, 4) is 5.69 Å². The molecule has 0 bridgehead atoms. The minimum absolute atomic E-state index is 0.235. The lowest BCUT2D eigenvalue weighted by Crippen LogP contribution is -2.42. The molecule has 0 aliphatic rings. The van der Waals surface area contributed by atoms with E-state index in [0.717, 1.165) is 4.57 Å². The van der Waals surface area contributed by atoms with Crippen LogP contribution in [0.4, 0.5) is 0 Å². The minimum atomic E-state index is -0.586. The van der Waals surface area contributed by atoms with Crippen molar-refractivity contribution in [1.29, 1.82) is 0 Å². The molecule has 1 unspecified atom stereocenters. The molecule has 3 aromatic heterocycles. The Hall–Kier alpha value is -4.07. The van der Waals surface area contributed by atoms with Gasteiger partial charge in [0.05, 0.1) is 22.8 Å². The van der Waals surface area contributed by atoms with Gasteiger partial charge in [0.2, 0.25) is 5.91 Å². The maximum atomic E-state index is 13.4. The Labute approximate surface area is 164 Å². The lowest BCUT2D eigenvalue weighted by Gasteiger charge is -2.18. The number of amides is 1. The van der Waals surface area contributed by atoms with Crippen molar-refractivity contribution in [3.63, 3.8) is 0 Å². The van der Waals surface area contributed by atoms with Crippen LogP contribution in [0.5, 0.6) is 0 Å². The van der Waals surface area contributed by atoms with Gasteiger partial charge in [-0.3, -0.25) is 19.1 Å². The Kier molecular flexibility index (Phi) is 4.52. The van der Waals surface area contributed by atoms with Gasteiger partial charge in [0, 0.05) is 18.0 Å². The quantitative estimate of drug-likeness (QED) is 0.572. The van der Waals surface area contributed by atoms with E-state index in [4.69, 9.17) is 5.73 Å². The number of carbonyl (C=O) groups excluding carboxylic acids is 1. The molecule has 29 heavy (non-hydrogen) atoms. The number of hydrogen-bond donors (Lipinski definition) is 1. The second-order valence-electron chi connectivity index (χ2n) is 6.51. The summed E-state index contributed by atoms with van der Waals surface area (Å²) in [6, 6.07) is 14.2. The van der Waals surface area contributed by atoms with Crippen molar-refractivity contribution in [2.75, 3.05) is 0 Å². The summed E-state index contributed by atoms with van der Waals surface area (Å²) in [6.07, 6.45) is 3.13. The standard InChI is InChI=1S/C21H17N5O3/c1-13(17-6-2-3-11-23-17)25-20(28)16-5-4-12-24-19(16)26(21(25)29)15-9-7-14(8-10-15)18(22)27/h2-13H,1H3,(H2,22,27). The van der Waals surface area contributed by atoms with Crippen molar-refractivity contribution in [2.45, 2.75) is 13.0 Å². The zero-order valence-corrected chi connectivity index (χ0v) is 15.5. The second kappa shape index (κ2) is 7.16. The third kappa shape index (κ3) is 3.10. The summed E-state index contributed by atoms with van der Waals surface area (Å²) in [5.41, 5.74) is 5.91. The lowest BCUT2D eigenvalue weighted by atomic mass is 10.2. The van der Waals surface area contributed by atoms with Crippen LogP contribution in [0.1, 0.15) is 29.0 Å². The summed E-state index contributed by atoms with van der Waals surface area (Å²) in [7, 11) is 0. The first-order valence-electron chi connectivity index (χ1n) is 8.92. The molecule has 0 saturated carbocycles. The van der Waals surface area contributed by atoms with Crippen LogP contribution in [-0.2, 0) is 0 Å². The zero-order valence-electron chi connectivity index (χ0n) is 15.5. The first kappa shape index (κ1) is 18.3. The summed E-state index contributed by atoms with van der Waals surface area (Å²) in [4.78, 5) is 46.4. The minimum Gasteiger partial charge on any atom is -0.366 e. The lowest BCUT2D eigenvalue weighted by molar-refractivity contribution is 0.100. The Morgan fingerprint density at radius 3 is 2.34 bits per heavy atom. The van der Waals surface area contributed by atoms with Gasteiger partial charge in [-0.25, -0.2) is 14.3 Å². The van der Waals surface area contributed by atoms with E-state index in [2.05, 4.69) is 9.97 Å². The number of primary amides is 1. The number of carbonyl (C=O) groups is 1. The predicted octanol–water partition coefficient (Wildman–Crippen LogP) is 1.65. The first-order valence-corrected chi connectivity index (χ1v) is 8.92. The van der Waals surface area contributed by atoms with E-state index in [1.165, 1.54) is 22.9 Å². The fourth-order valence-electron chi connectivity index (χ4n) is 3.26. The molecule has 2 N–H and O–H groups in total. The summed E-state index contributed by atoms with van der Waals surface area (Å²) >= 11 is 0. The van der Waals surface area contributed by atoms with Crippen molar-refractivity contribution in [2.24, 2.45) is 5.73 Å². The molecule has 4 aromatic rings. The van der Waals surface area contributed by atoms with Gasteiger partial charge in [-0.1, -0.05) is 6.07 Å². The van der Waals surface area contributed by atoms with Gasteiger partial charge in [0.1, 0.15) is 0 Å². The van der Waals surface area contributed by atoms with Gasteiger partial charge in [-0.05, 0) is 55.5 Å². The van der Waals surface area contributed by atoms with Gasteiger partial charge in [0.15, 0.2) is 5.65 Å². The van der Waals surface area contributed by atoms with E-state index in [9.17, 15) is 14.4 Å². The SMILES string of the molecule is CC(c1ccccn1)n1c(=O)c2cccnc2n(-c2ccc(C(N)=O)cc2)c1=O.